The summed E-state index contributed by atoms with van der Waals surface area (Å²) < 4.78 is 6.53. The van der Waals surface area contributed by atoms with Crippen LogP contribution >= 0.6 is 38.6 Å². The van der Waals surface area contributed by atoms with Gasteiger partial charge in [-0.3, -0.25) is 0 Å². The number of hydrogen-bond acceptors (Lipinski definition) is 2. The number of halogens is 1. The van der Waals surface area contributed by atoms with Gasteiger partial charge in [0.25, 0.3) is 0 Å². The molecule has 0 radical (unpaired) electrons. The molecule has 2 aromatic heterocycles. The van der Waals surface area contributed by atoms with E-state index in [1.54, 1.807) is 0 Å². The van der Waals surface area contributed by atoms with Crippen LogP contribution in [0.15, 0.2) is 381 Å². The molecule has 99 heavy (non-hydrogen) atoms. The number of fused-ring (bicyclic) bond motifs is 14. The van der Waals surface area contributed by atoms with Crippen LogP contribution in [0.2, 0.25) is 0 Å². The van der Waals surface area contributed by atoms with Gasteiger partial charge in [-0.05, 0) is 165 Å². The molecule has 0 fully saturated rings. The van der Waals surface area contributed by atoms with Crippen LogP contribution < -0.4 is 0 Å². The minimum atomic E-state index is -0.443. The van der Waals surface area contributed by atoms with Crippen molar-refractivity contribution in [1.82, 2.24) is 0 Å². The molecule has 3 heteroatoms. The molecule has 0 saturated heterocycles. The fourth-order valence-electron chi connectivity index (χ4n) is 16.6. The average Bonchev–Trinajstić information content (AvgIpc) is 1.57. The highest BCUT2D eigenvalue weighted by atomic mass is 79.9. The standard InChI is InChI=1S/C48H32S.C36H26.C12H7BrS/c1-3-16-35(17-4-1)48(36-18-5-2-6-19-36)43-24-11-9-21-38(43)39-28-26-34(31-44(39)48)47(41-23-13-15-32-14-7-8-20-37(32)41)33-27-29-46-42(30-33)40-22-10-12-25-45(40)49-46;1-3-15-29(16-4-1)36(30-17-5-2-6-18-30)34-21-10-9-20-32(34)33-23-22-26(25-35(33)36)24-28-14-11-13-27-12-7-8-19-31(27)28;13-8-5-6-12-10(7-8)9-3-1-2-4-11(9)14-12/h1-31,47H;1-23,25H,24H2;1-7H. The third-order valence-corrected chi connectivity index (χ3v) is 23.6. The van der Waals surface area contributed by atoms with Crippen LogP contribution in [-0.2, 0) is 17.3 Å². The first-order valence-corrected chi connectivity index (χ1v) is 36.6. The molecular weight excluding hydrogens is 1300 g/mol. The Hall–Kier alpha value is -11.0. The van der Waals surface area contributed by atoms with Gasteiger partial charge in [-0.25, -0.2) is 0 Å². The Morgan fingerprint density at radius 3 is 1.23 bits per heavy atom. The van der Waals surface area contributed by atoms with Crippen molar-refractivity contribution in [2.45, 2.75) is 23.2 Å². The van der Waals surface area contributed by atoms with Crippen molar-refractivity contribution in [3.8, 4) is 22.3 Å². The van der Waals surface area contributed by atoms with Gasteiger partial charge in [-0.2, -0.15) is 0 Å². The lowest BCUT2D eigenvalue weighted by Gasteiger charge is -2.34. The summed E-state index contributed by atoms with van der Waals surface area (Å²) in [6.07, 6.45) is 0.907. The zero-order valence-electron chi connectivity index (χ0n) is 54.3. The van der Waals surface area contributed by atoms with Gasteiger partial charge in [0.2, 0.25) is 0 Å². The molecule has 2 aliphatic rings. The van der Waals surface area contributed by atoms with E-state index in [0.717, 1.165) is 10.9 Å². The van der Waals surface area contributed by atoms with Gasteiger partial charge in [0.1, 0.15) is 0 Å². The summed E-state index contributed by atoms with van der Waals surface area (Å²) in [4.78, 5) is 0. The molecule has 0 spiro atoms. The summed E-state index contributed by atoms with van der Waals surface area (Å²) in [7, 11) is 0. The van der Waals surface area contributed by atoms with Gasteiger partial charge in [0.05, 0.1) is 10.8 Å². The first kappa shape index (κ1) is 60.4. The van der Waals surface area contributed by atoms with Gasteiger partial charge in [-0.1, -0.05) is 350 Å². The summed E-state index contributed by atoms with van der Waals surface area (Å²) in [6.45, 7) is 0. The van der Waals surface area contributed by atoms with Crippen molar-refractivity contribution in [3.05, 3.63) is 453 Å². The van der Waals surface area contributed by atoms with Crippen LogP contribution in [0.4, 0.5) is 0 Å². The van der Waals surface area contributed by atoms with Gasteiger partial charge in [0.15, 0.2) is 0 Å². The third kappa shape index (κ3) is 10.3. The maximum absolute atomic E-state index is 3.51. The van der Waals surface area contributed by atoms with Crippen molar-refractivity contribution in [2.75, 3.05) is 0 Å². The Balaban J connectivity index is 0.000000123. The summed E-state index contributed by atoms with van der Waals surface area (Å²) in [5.41, 5.74) is 21.8. The molecule has 0 bridgehead atoms. The lowest BCUT2D eigenvalue weighted by atomic mass is 9.67. The predicted molar refractivity (Wildman–Crippen MR) is 426 cm³/mol. The average molecular weight is 1360 g/mol. The number of hydrogen-bond donors (Lipinski definition) is 0. The predicted octanol–water partition coefficient (Wildman–Crippen LogP) is 26.4. The topological polar surface area (TPSA) is 0 Å². The Morgan fingerprint density at radius 1 is 0.263 bits per heavy atom. The third-order valence-electron chi connectivity index (χ3n) is 20.8. The lowest BCUT2D eigenvalue weighted by Crippen LogP contribution is -2.28. The molecule has 0 saturated carbocycles. The zero-order valence-corrected chi connectivity index (χ0v) is 57.5. The van der Waals surface area contributed by atoms with Crippen LogP contribution in [-0.4, -0.2) is 0 Å². The van der Waals surface area contributed by atoms with E-state index >= 15 is 0 Å². The summed E-state index contributed by atoms with van der Waals surface area (Å²) >= 11 is 7.24. The van der Waals surface area contributed by atoms with Gasteiger partial charge in [0, 0.05) is 50.7 Å². The smallest absolute Gasteiger partial charge is 0.0713 e. The highest BCUT2D eigenvalue weighted by Gasteiger charge is 2.48. The van der Waals surface area contributed by atoms with Crippen LogP contribution in [0.1, 0.15) is 78.2 Å². The summed E-state index contributed by atoms with van der Waals surface area (Å²) in [6, 6.07) is 139. The molecule has 1 atom stereocenters. The molecule has 1 unspecified atom stereocenters. The monoisotopic (exact) mass is 1360 g/mol. The summed E-state index contributed by atoms with van der Waals surface area (Å²) in [5, 5.41) is 10.6. The largest absolute Gasteiger partial charge is 0.135 e. The van der Waals surface area contributed by atoms with Gasteiger partial charge < -0.3 is 0 Å². The minimum absolute atomic E-state index is 0.0346. The second-order valence-corrected chi connectivity index (χ2v) is 29.2. The van der Waals surface area contributed by atoms with Gasteiger partial charge in [-0.15, -0.1) is 22.7 Å². The molecule has 0 nitrogen and oxygen atoms in total. The molecule has 0 amide bonds. The number of benzene rings is 16. The summed E-state index contributed by atoms with van der Waals surface area (Å²) in [5.74, 6) is 0.0346. The lowest BCUT2D eigenvalue weighted by molar-refractivity contribution is 0.765. The minimum Gasteiger partial charge on any atom is -0.135 e. The van der Waals surface area contributed by atoms with E-state index in [0.29, 0.717) is 0 Å². The van der Waals surface area contributed by atoms with E-state index in [9.17, 15) is 0 Å². The number of rotatable bonds is 9. The van der Waals surface area contributed by atoms with Crippen molar-refractivity contribution < 1.29 is 0 Å². The first-order valence-electron chi connectivity index (χ1n) is 34.1. The van der Waals surface area contributed by atoms with E-state index in [-0.39, 0.29) is 11.3 Å². The van der Waals surface area contributed by atoms with Crippen LogP contribution in [0.5, 0.6) is 0 Å². The Morgan fingerprint density at radius 2 is 0.657 bits per heavy atom. The second kappa shape index (κ2) is 25.4. The van der Waals surface area contributed by atoms with E-state index in [4.69, 9.17) is 0 Å². The number of thiophene rings is 2. The van der Waals surface area contributed by atoms with E-state index in [2.05, 4.69) is 392 Å². The SMILES string of the molecule is Brc1ccc2sc3ccccc3c2c1.c1ccc(C2(c3ccccc3)c3ccccc3-c3ccc(C(c4ccc5sc6ccccc6c5c4)c4cccc5ccccc45)cc32)cc1.c1ccc(C2(c3ccccc3)c3ccccc3-c3ccc(Cc4cccc5ccccc45)cc32)cc1. The Kier molecular flexibility index (Phi) is 15.5. The van der Waals surface area contributed by atoms with E-state index in [1.165, 1.54) is 156 Å². The van der Waals surface area contributed by atoms with Crippen molar-refractivity contribution in [3.63, 3.8) is 0 Å². The van der Waals surface area contributed by atoms with Gasteiger partial charge >= 0.3 is 0 Å². The van der Waals surface area contributed by atoms with Crippen molar-refractivity contribution in [1.29, 1.82) is 0 Å². The fraction of sp³-hybridized carbons (Fsp3) is 0.0417. The molecule has 468 valence electrons. The molecule has 0 N–H and O–H groups in total. The molecule has 20 rings (SSSR count). The Labute approximate surface area is 594 Å². The second-order valence-electron chi connectivity index (χ2n) is 26.1. The molecular formula is C96H65BrS2. The normalized spacial score (nSPS) is 13.3. The highest BCUT2D eigenvalue weighted by molar-refractivity contribution is 9.10. The molecule has 18 aromatic rings. The fourth-order valence-corrected chi connectivity index (χ4v) is 19.1. The molecule has 16 aromatic carbocycles. The molecule has 2 aliphatic carbocycles. The molecule has 0 aliphatic heterocycles. The van der Waals surface area contributed by atoms with Crippen molar-refractivity contribution >= 4 is 100 Å². The first-order chi connectivity index (χ1) is 49.0. The maximum Gasteiger partial charge on any atom is 0.0713 e. The van der Waals surface area contributed by atoms with Crippen LogP contribution in [0, 0.1) is 0 Å². The Bertz CT molecular complexity index is 5960. The highest BCUT2D eigenvalue weighted by Crippen LogP contribution is 2.59. The zero-order chi connectivity index (χ0) is 65.9. The molecule has 2 heterocycles. The maximum atomic E-state index is 3.51. The van der Waals surface area contributed by atoms with E-state index < -0.39 is 5.41 Å². The quantitative estimate of drug-likeness (QED) is 0.126. The van der Waals surface area contributed by atoms with Crippen LogP contribution in [0.3, 0.4) is 0 Å². The van der Waals surface area contributed by atoms with E-state index in [1.807, 2.05) is 22.7 Å². The van der Waals surface area contributed by atoms with Crippen molar-refractivity contribution in [2.24, 2.45) is 0 Å². The van der Waals surface area contributed by atoms with Crippen LogP contribution in [0.25, 0.3) is 84.1 Å².